The number of carbonyl (C=O) groups is 1. The van der Waals surface area contributed by atoms with Gasteiger partial charge >= 0.3 is 0 Å². The van der Waals surface area contributed by atoms with Gasteiger partial charge in [-0.15, -0.1) is 0 Å². The van der Waals surface area contributed by atoms with E-state index in [1.54, 1.807) is 32.2 Å². The predicted molar refractivity (Wildman–Crippen MR) is 72.5 cm³/mol. The molecule has 0 aromatic carbocycles. The fraction of sp³-hybridized carbons (Fsp3) is 0.467. The molecule has 2 N–H and O–H groups in total. The van der Waals surface area contributed by atoms with Crippen LogP contribution in [0.3, 0.4) is 0 Å². The number of amides is 1. The quantitative estimate of drug-likeness (QED) is 0.804. The summed E-state index contributed by atoms with van der Waals surface area (Å²) in [6.07, 6.45) is 3.99. The fourth-order valence-corrected chi connectivity index (χ4v) is 1.40. The van der Waals surface area contributed by atoms with E-state index in [1.165, 1.54) is 12.8 Å². The molecular weight excluding hydrogens is 240 g/mol. The average Bonchev–Trinajstić information content (AvgIpc) is 3.17. The lowest BCUT2D eigenvalue weighted by Gasteiger charge is -2.17. The molecule has 1 amide bonds. The molecule has 1 fully saturated rings. The topological polar surface area (TPSA) is 62.2 Å². The molecule has 4 heteroatoms. The van der Waals surface area contributed by atoms with Gasteiger partial charge in [-0.25, -0.2) is 4.98 Å². The van der Waals surface area contributed by atoms with Gasteiger partial charge in [0.2, 0.25) is 0 Å². The van der Waals surface area contributed by atoms with E-state index >= 15 is 0 Å². The number of nitrogens with one attached hydrogen (secondary N) is 1. The minimum atomic E-state index is -0.925. The smallest absolute Gasteiger partial charge is 0.269 e. The second-order valence-corrected chi connectivity index (χ2v) is 5.47. The predicted octanol–water partition coefficient (Wildman–Crippen LogP) is 1.34. The molecule has 0 unspecified atom stereocenters. The first kappa shape index (κ1) is 13.6. The minimum absolute atomic E-state index is 0.191. The Morgan fingerprint density at radius 1 is 1.53 bits per heavy atom. The van der Waals surface area contributed by atoms with Gasteiger partial charge in [-0.3, -0.25) is 4.79 Å². The van der Waals surface area contributed by atoms with Crippen LogP contribution in [0.4, 0.5) is 0 Å². The van der Waals surface area contributed by atoms with Crippen molar-refractivity contribution < 1.29 is 9.90 Å². The van der Waals surface area contributed by atoms with Gasteiger partial charge in [-0.1, -0.05) is 11.8 Å². The van der Waals surface area contributed by atoms with Gasteiger partial charge in [0.25, 0.3) is 5.91 Å². The van der Waals surface area contributed by atoms with Crippen LogP contribution in [0.1, 0.15) is 42.7 Å². The molecule has 0 aliphatic heterocycles. The van der Waals surface area contributed by atoms with E-state index in [4.69, 9.17) is 0 Å². The second-order valence-electron chi connectivity index (χ2n) is 5.47. The molecule has 1 heterocycles. The highest BCUT2D eigenvalue weighted by atomic mass is 16.3. The largest absolute Gasteiger partial charge is 0.389 e. The molecule has 4 nitrogen and oxygen atoms in total. The van der Waals surface area contributed by atoms with Crippen LogP contribution in [-0.2, 0) is 0 Å². The Bertz CT molecular complexity index is 514. The Balaban J connectivity index is 1.94. The number of carbonyl (C=O) groups excluding carboxylic acids is 1. The van der Waals surface area contributed by atoms with Gasteiger partial charge in [0.1, 0.15) is 5.69 Å². The zero-order valence-corrected chi connectivity index (χ0v) is 11.2. The lowest BCUT2D eigenvalue weighted by atomic mass is 10.1. The molecule has 100 valence electrons. The maximum Gasteiger partial charge on any atom is 0.269 e. The number of hydrogen-bond donors (Lipinski definition) is 2. The summed E-state index contributed by atoms with van der Waals surface area (Å²) in [5.74, 6) is 6.45. The van der Waals surface area contributed by atoms with Crippen LogP contribution in [0.25, 0.3) is 0 Å². The van der Waals surface area contributed by atoms with E-state index in [0.717, 1.165) is 5.56 Å². The van der Waals surface area contributed by atoms with Crippen molar-refractivity contribution in [2.45, 2.75) is 32.3 Å². The molecule has 19 heavy (non-hydrogen) atoms. The Labute approximate surface area is 113 Å². The highest BCUT2D eigenvalue weighted by molar-refractivity contribution is 5.92. The summed E-state index contributed by atoms with van der Waals surface area (Å²) in [5.41, 5.74) is 0.234. The van der Waals surface area contributed by atoms with E-state index < -0.39 is 5.60 Å². The highest BCUT2D eigenvalue weighted by Crippen LogP contribution is 2.27. The number of aromatic nitrogens is 1. The van der Waals surface area contributed by atoms with E-state index in [9.17, 15) is 9.90 Å². The van der Waals surface area contributed by atoms with Gasteiger partial charge < -0.3 is 10.4 Å². The molecule has 0 radical (unpaired) electrons. The molecule has 2 rings (SSSR count). The number of aliphatic hydroxyl groups is 1. The molecule has 0 bridgehead atoms. The summed E-state index contributed by atoms with van der Waals surface area (Å²) in [7, 11) is 0. The summed E-state index contributed by atoms with van der Waals surface area (Å²) >= 11 is 0. The van der Waals surface area contributed by atoms with Crippen LogP contribution in [0, 0.1) is 17.8 Å². The standard InChI is InChI=1S/C15H18N2O2/c1-15(2,19)10-17-14(18)13-8-7-12(9-16-13)6-5-11-3-4-11/h7-9,11,19H,3-4,10H2,1-2H3,(H,17,18). The van der Waals surface area contributed by atoms with Gasteiger partial charge in [-0.2, -0.15) is 0 Å². The monoisotopic (exact) mass is 258 g/mol. The second kappa shape index (κ2) is 5.41. The zero-order chi connectivity index (χ0) is 13.9. The Morgan fingerprint density at radius 3 is 2.79 bits per heavy atom. The zero-order valence-electron chi connectivity index (χ0n) is 11.2. The molecule has 1 aliphatic carbocycles. The molecule has 0 atom stereocenters. The van der Waals surface area contributed by atoms with E-state index in [2.05, 4.69) is 22.1 Å². The van der Waals surface area contributed by atoms with Crippen molar-refractivity contribution >= 4 is 5.91 Å². The molecule has 0 spiro atoms. The molecule has 1 aliphatic rings. The molecule has 0 saturated heterocycles. The molecule has 1 aromatic rings. The van der Waals surface area contributed by atoms with Crippen LogP contribution >= 0.6 is 0 Å². The number of pyridine rings is 1. The van der Waals surface area contributed by atoms with Crippen LogP contribution in [0.15, 0.2) is 18.3 Å². The summed E-state index contributed by atoms with van der Waals surface area (Å²) in [4.78, 5) is 15.8. The third-order valence-corrected chi connectivity index (χ3v) is 2.68. The van der Waals surface area contributed by atoms with E-state index in [1.807, 2.05) is 0 Å². The number of nitrogens with zero attached hydrogens (tertiary/aromatic N) is 1. The van der Waals surface area contributed by atoms with Gasteiger partial charge in [-0.05, 0) is 38.8 Å². The molecule has 1 saturated carbocycles. The van der Waals surface area contributed by atoms with Crippen molar-refractivity contribution in [3.8, 4) is 11.8 Å². The van der Waals surface area contributed by atoms with Gasteiger partial charge in [0.15, 0.2) is 0 Å². The Kier molecular flexibility index (Phi) is 3.87. The average molecular weight is 258 g/mol. The van der Waals surface area contributed by atoms with Crippen molar-refractivity contribution in [2.24, 2.45) is 5.92 Å². The first-order valence-electron chi connectivity index (χ1n) is 6.42. The number of hydrogen-bond acceptors (Lipinski definition) is 3. The maximum absolute atomic E-state index is 11.8. The van der Waals surface area contributed by atoms with Gasteiger partial charge in [0, 0.05) is 24.2 Å². The van der Waals surface area contributed by atoms with Crippen LogP contribution in [0.2, 0.25) is 0 Å². The van der Waals surface area contributed by atoms with Crippen molar-refractivity contribution in [1.82, 2.24) is 10.3 Å². The Morgan fingerprint density at radius 2 is 2.26 bits per heavy atom. The lowest BCUT2D eigenvalue weighted by molar-refractivity contribution is 0.0692. The van der Waals surface area contributed by atoms with Crippen LogP contribution < -0.4 is 5.32 Å². The first-order valence-corrected chi connectivity index (χ1v) is 6.42. The van der Waals surface area contributed by atoms with E-state index in [-0.39, 0.29) is 12.5 Å². The lowest BCUT2D eigenvalue weighted by Crippen LogP contribution is -2.38. The normalized spacial score (nSPS) is 14.5. The van der Waals surface area contributed by atoms with Crippen molar-refractivity contribution in [2.75, 3.05) is 6.54 Å². The summed E-state index contributed by atoms with van der Waals surface area (Å²) < 4.78 is 0. The SMILES string of the molecule is CC(C)(O)CNC(=O)c1ccc(C#CC2CC2)cn1. The highest BCUT2D eigenvalue weighted by Gasteiger charge is 2.18. The van der Waals surface area contributed by atoms with Crippen LogP contribution in [-0.4, -0.2) is 28.1 Å². The van der Waals surface area contributed by atoms with Crippen molar-refractivity contribution in [3.63, 3.8) is 0 Å². The first-order chi connectivity index (χ1) is 8.94. The maximum atomic E-state index is 11.8. The fourth-order valence-electron chi connectivity index (χ4n) is 1.40. The number of rotatable bonds is 3. The van der Waals surface area contributed by atoms with E-state index in [0.29, 0.717) is 11.6 Å². The summed E-state index contributed by atoms with van der Waals surface area (Å²) in [6.45, 7) is 3.46. The molecule has 1 aromatic heterocycles. The van der Waals surface area contributed by atoms with Crippen molar-refractivity contribution in [3.05, 3.63) is 29.6 Å². The van der Waals surface area contributed by atoms with Gasteiger partial charge in [0.05, 0.1) is 5.60 Å². The molecular formula is C15H18N2O2. The third-order valence-electron chi connectivity index (χ3n) is 2.68. The van der Waals surface area contributed by atoms with Crippen LogP contribution in [0.5, 0.6) is 0 Å². The summed E-state index contributed by atoms with van der Waals surface area (Å²) in [6, 6.07) is 3.44. The Hall–Kier alpha value is -1.86. The van der Waals surface area contributed by atoms with Crippen molar-refractivity contribution in [1.29, 1.82) is 0 Å². The summed E-state index contributed by atoms with van der Waals surface area (Å²) in [5, 5.41) is 12.2. The third kappa shape index (κ3) is 4.72. The minimum Gasteiger partial charge on any atom is -0.389 e.